The molecule has 178 valence electrons. The van der Waals surface area contributed by atoms with Crippen molar-refractivity contribution in [2.45, 2.75) is 25.1 Å². The monoisotopic (exact) mass is 485 g/mol. The molecule has 1 amide bonds. The maximum Gasteiger partial charge on any atom is 0.435 e. The highest BCUT2D eigenvalue weighted by molar-refractivity contribution is 6.04. The Morgan fingerprint density at radius 1 is 0.971 bits per heavy atom. The molecule has 6 rings (SSSR count). The summed E-state index contributed by atoms with van der Waals surface area (Å²) in [4.78, 5) is 21.6. The largest absolute Gasteiger partial charge is 0.435 e. The van der Waals surface area contributed by atoms with Crippen molar-refractivity contribution in [2.75, 3.05) is 4.90 Å². The molecule has 0 radical (unpaired) electrons. The normalized spacial score (nSPS) is 20.4. The van der Waals surface area contributed by atoms with E-state index in [0.717, 1.165) is 31.0 Å². The van der Waals surface area contributed by atoms with Gasteiger partial charge in [0.05, 0.1) is 35.0 Å². The molecule has 2 fully saturated rings. The fourth-order valence-electron chi connectivity index (χ4n) is 4.75. The number of carbonyl (C=O) groups excluding carboxylic acids is 1. The van der Waals surface area contributed by atoms with Gasteiger partial charge in [0.25, 0.3) is 0 Å². The lowest BCUT2D eigenvalue weighted by Gasteiger charge is -2.48. The molecule has 1 aliphatic carbocycles. The van der Waals surface area contributed by atoms with Gasteiger partial charge in [0.1, 0.15) is 11.6 Å². The lowest BCUT2D eigenvalue weighted by atomic mass is 9.78. The van der Waals surface area contributed by atoms with Gasteiger partial charge in [0.15, 0.2) is 5.69 Å². The van der Waals surface area contributed by atoms with E-state index in [1.165, 1.54) is 11.2 Å². The van der Waals surface area contributed by atoms with Crippen molar-refractivity contribution in [1.29, 1.82) is 0 Å². The van der Waals surface area contributed by atoms with Crippen molar-refractivity contribution in [2.24, 2.45) is 11.8 Å². The zero-order chi connectivity index (χ0) is 24.5. The van der Waals surface area contributed by atoms with Crippen LogP contribution in [0.3, 0.4) is 0 Å². The zero-order valence-electron chi connectivity index (χ0n) is 17.9. The minimum atomic E-state index is -4.68. The van der Waals surface area contributed by atoms with Crippen molar-refractivity contribution in [3.63, 3.8) is 0 Å². The number of imidazole rings is 1. The Morgan fingerprint density at radius 3 is 2.34 bits per heavy atom. The number of β-lactam (4-membered cyclic amide) rings is 1. The van der Waals surface area contributed by atoms with Crippen LogP contribution in [0.5, 0.6) is 0 Å². The second kappa shape index (κ2) is 7.56. The van der Waals surface area contributed by atoms with E-state index in [9.17, 15) is 18.0 Å². The standard InChI is InChI=1S/C24H16F5N5O/c25-14-7-12(16-5-6-19(33-32-16)24(27,28)29)8-15(26)21(14)22-20(11-1-2-11)23(35)34(22)13-3-4-17-18(9-13)31-10-30-17/h3-11,20,22H,1-2H2,(H,30,31)/t20-,22-/m1/s1. The topological polar surface area (TPSA) is 74.8 Å². The van der Waals surface area contributed by atoms with Gasteiger partial charge in [-0.15, -0.1) is 10.2 Å². The van der Waals surface area contributed by atoms with Crippen molar-refractivity contribution < 1.29 is 26.7 Å². The molecule has 2 aliphatic rings. The zero-order valence-corrected chi connectivity index (χ0v) is 17.9. The molecule has 2 atom stereocenters. The van der Waals surface area contributed by atoms with Gasteiger partial charge in [-0.05, 0) is 61.2 Å². The quantitative estimate of drug-likeness (QED) is 0.309. The van der Waals surface area contributed by atoms with E-state index >= 15 is 8.78 Å². The number of nitrogens with one attached hydrogen (secondary N) is 1. The molecule has 1 aliphatic heterocycles. The number of hydrogen-bond acceptors (Lipinski definition) is 4. The Morgan fingerprint density at radius 2 is 1.71 bits per heavy atom. The number of aromatic nitrogens is 4. The van der Waals surface area contributed by atoms with Crippen LogP contribution in [0.25, 0.3) is 22.3 Å². The molecule has 0 unspecified atom stereocenters. The third-order valence-electron chi connectivity index (χ3n) is 6.58. The van der Waals surface area contributed by atoms with Crippen LogP contribution in [0.2, 0.25) is 0 Å². The number of halogens is 5. The first-order valence-electron chi connectivity index (χ1n) is 10.9. The van der Waals surface area contributed by atoms with E-state index in [1.807, 2.05) is 0 Å². The number of anilines is 1. The average Bonchev–Trinajstić information content (AvgIpc) is 3.52. The summed E-state index contributed by atoms with van der Waals surface area (Å²) >= 11 is 0. The first kappa shape index (κ1) is 21.6. The Balaban J connectivity index is 1.39. The lowest BCUT2D eigenvalue weighted by Crippen LogP contribution is -2.56. The number of benzene rings is 2. The van der Waals surface area contributed by atoms with E-state index in [4.69, 9.17) is 0 Å². The number of fused-ring (bicyclic) bond motifs is 1. The van der Waals surface area contributed by atoms with Crippen LogP contribution in [-0.2, 0) is 11.0 Å². The summed E-state index contributed by atoms with van der Waals surface area (Å²) in [6, 6.07) is 8.00. The van der Waals surface area contributed by atoms with E-state index in [2.05, 4.69) is 20.2 Å². The molecular formula is C24H16F5N5O. The predicted octanol–water partition coefficient (Wildman–Crippen LogP) is 5.43. The van der Waals surface area contributed by atoms with Gasteiger partial charge in [-0.2, -0.15) is 13.2 Å². The van der Waals surface area contributed by atoms with Gasteiger partial charge in [-0.1, -0.05) is 0 Å². The van der Waals surface area contributed by atoms with Crippen LogP contribution in [-0.4, -0.2) is 26.1 Å². The molecule has 4 aromatic rings. The Bertz CT molecular complexity index is 1440. The summed E-state index contributed by atoms with van der Waals surface area (Å²) in [5.41, 5.74) is 0.248. The van der Waals surface area contributed by atoms with Crippen LogP contribution < -0.4 is 4.90 Å². The number of carbonyl (C=O) groups is 1. The summed E-state index contributed by atoms with van der Waals surface area (Å²) in [6.07, 6.45) is -1.55. The van der Waals surface area contributed by atoms with Crippen LogP contribution in [0, 0.1) is 23.5 Å². The van der Waals surface area contributed by atoms with Gasteiger partial charge >= 0.3 is 6.18 Å². The van der Waals surface area contributed by atoms with Crippen molar-refractivity contribution in [3.05, 3.63) is 71.7 Å². The minimum Gasteiger partial charge on any atom is -0.345 e. The second-order valence-electron chi connectivity index (χ2n) is 8.78. The number of amides is 1. The third kappa shape index (κ3) is 3.53. The molecule has 1 saturated heterocycles. The van der Waals surface area contributed by atoms with Gasteiger partial charge in [-0.3, -0.25) is 4.79 Å². The van der Waals surface area contributed by atoms with E-state index < -0.39 is 35.5 Å². The maximum absolute atomic E-state index is 15.4. The molecule has 35 heavy (non-hydrogen) atoms. The molecule has 0 bridgehead atoms. The molecule has 0 spiro atoms. The molecule has 2 aromatic carbocycles. The van der Waals surface area contributed by atoms with Crippen molar-refractivity contribution >= 4 is 22.6 Å². The highest BCUT2D eigenvalue weighted by Gasteiger charge is 2.56. The molecule has 6 nitrogen and oxygen atoms in total. The number of aromatic amines is 1. The van der Waals surface area contributed by atoms with Crippen LogP contribution in [0.4, 0.5) is 27.6 Å². The Kier molecular flexibility index (Phi) is 4.67. The average molecular weight is 485 g/mol. The summed E-state index contributed by atoms with van der Waals surface area (Å²) < 4.78 is 69.1. The third-order valence-corrected chi connectivity index (χ3v) is 6.58. The smallest absolute Gasteiger partial charge is 0.345 e. The molecule has 3 heterocycles. The number of rotatable bonds is 4. The minimum absolute atomic E-state index is 0.0518. The first-order valence-corrected chi connectivity index (χ1v) is 10.9. The summed E-state index contributed by atoms with van der Waals surface area (Å²) in [6.45, 7) is 0. The van der Waals surface area contributed by atoms with Crippen molar-refractivity contribution in [3.8, 4) is 11.3 Å². The van der Waals surface area contributed by atoms with Crippen molar-refractivity contribution in [1.82, 2.24) is 20.2 Å². The molecule has 1 saturated carbocycles. The van der Waals surface area contributed by atoms with E-state index in [-0.39, 0.29) is 28.6 Å². The molecule has 2 aromatic heterocycles. The van der Waals surface area contributed by atoms with Crippen LogP contribution in [0.1, 0.15) is 30.1 Å². The first-order chi connectivity index (χ1) is 16.7. The highest BCUT2D eigenvalue weighted by Crippen LogP contribution is 2.55. The maximum atomic E-state index is 15.4. The Hall–Kier alpha value is -3.89. The summed E-state index contributed by atoms with van der Waals surface area (Å²) in [7, 11) is 0. The number of H-pyrrole nitrogens is 1. The molecule has 11 heteroatoms. The number of nitrogens with zero attached hydrogens (tertiary/aromatic N) is 4. The van der Waals surface area contributed by atoms with Gasteiger partial charge in [0.2, 0.25) is 5.91 Å². The summed E-state index contributed by atoms with van der Waals surface area (Å²) in [5, 5.41) is 6.60. The van der Waals surface area contributed by atoms with Crippen LogP contribution in [0.15, 0.2) is 48.8 Å². The Labute approximate surface area is 194 Å². The fraction of sp³-hybridized carbons (Fsp3) is 0.250. The lowest BCUT2D eigenvalue weighted by molar-refractivity contribution is -0.141. The van der Waals surface area contributed by atoms with Gasteiger partial charge in [0, 0.05) is 16.8 Å². The number of hydrogen-bond donors (Lipinski definition) is 1. The van der Waals surface area contributed by atoms with Gasteiger partial charge in [-0.25, -0.2) is 13.8 Å². The summed E-state index contributed by atoms with van der Waals surface area (Å²) in [5.74, 6) is -2.50. The van der Waals surface area contributed by atoms with E-state index in [0.29, 0.717) is 22.8 Å². The molecular weight excluding hydrogens is 469 g/mol. The SMILES string of the molecule is O=C1[C@H](C2CC2)[C@H](c2c(F)cc(-c3ccc(C(F)(F)F)nn3)cc2F)N1c1ccc2nc[nH]c2c1. The highest BCUT2D eigenvalue weighted by atomic mass is 19.4. The predicted molar refractivity (Wildman–Crippen MR) is 115 cm³/mol. The molecule has 1 N–H and O–H groups in total. The van der Waals surface area contributed by atoms with E-state index in [1.54, 1.807) is 18.2 Å². The van der Waals surface area contributed by atoms with Gasteiger partial charge < -0.3 is 9.88 Å². The number of alkyl halides is 3. The second-order valence-corrected chi connectivity index (χ2v) is 8.78. The van der Waals surface area contributed by atoms with Crippen LogP contribution >= 0.6 is 0 Å². The fourth-order valence-corrected chi connectivity index (χ4v) is 4.75.